The molecule has 112 valence electrons. The Labute approximate surface area is 123 Å². The molecule has 0 amide bonds. The zero-order valence-corrected chi connectivity index (χ0v) is 13.2. The molecule has 0 bridgehead atoms. The molecule has 2 rings (SSSR count). The first kappa shape index (κ1) is 15.3. The minimum Gasteiger partial charge on any atom is -0.394 e. The van der Waals surface area contributed by atoms with Gasteiger partial charge >= 0.3 is 0 Å². The average Bonchev–Trinajstić information content (AvgIpc) is 2.41. The Kier molecular flexibility index (Phi) is 4.71. The monoisotopic (exact) mass is 276 g/mol. The van der Waals surface area contributed by atoms with E-state index >= 15 is 0 Å². The van der Waals surface area contributed by atoms with Gasteiger partial charge in [-0.3, -0.25) is 0 Å². The summed E-state index contributed by atoms with van der Waals surface area (Å²) in [5, 5.41) is 13.3. The molecule has 1 aliphatic rings. The van der Waals surface area contributed by atoms with Gasteiger partial charge in [-0.1, -0.05) is 32.0 Å². The lowest BCUT2D eigenvalue weighted by molar-refractivity contribution is 0.166. The van der Waals surface area contributed by atoms with Crippen molar-refractivity contribution in [1.29, 1.82) is 0 Å². The van der Waals surface area contributed by atoms with Crippen LogP contribution in [0.2, 0.25) is 0 Å². The number of anilines is 1. The van der Waals surface area contributed by atoms with Crippen LogP contribution in [0.5, 0.6) is 0 Å². The summed E-state index contributed by atoms with van der Waals surface area (Å²) in [6.07, 6.45) is 2.33. The van der Waals surface area contributed by atoms with Gasteiger partial charge in [-0.05, 0) is 38.3 Å². The molecule has 0 aliphatic carbocycles. The van der Waals surface area contributed by atoms with E-state index in [0.29, 0.717) is 12.1 Å². The number of nitrogens with zero attached hydrogens (tertiary/aromatic N) is 1. The van der Waals surface area contributed by atoms with Crippen LogP contribution in [0.1, 0.15) is 39.7 Å². The van der Waals surface area contributed by atoms with Gasteiger partial charge in [-0.25, -0.2) is 0 Å². The smallest absolute Gasteiger partial charge is 0.0628 e. The minimum absolute atomic E-state index is 0.149. The maximum Gasteiger partial charge on any atom is 0.0628 e. The first-order chi connectivity index (χ1) is 9.45. The van der Waals surface area contributed by atoms with Crippen molar-refractivity contribution in [1.82, 2.24) is 5.32 Å². The summed E-state index contributed by atoms with van der Waals surface area (Å²) in [6, 6.07) is 9.53. The summed E-state index contributed by atoms with van der Waals surface area (Å²) in [7, 11) is 0. The van der Waals surface area contributed by atoms with Gasteiger partial charge in [-0.2, -0.15) is 0 Å². The van der Waals surface area contributed by atoms with Crippen molar-refractivity contribution >= 4 is 5.69 Å². The van der Waals surface area contributed by atoms with Crippen molar-refractivity contribution in [3.63, 3.8) is 0 Å². The molecule has 0 saturated heterocycles. The van der Waals surface area contributed by atoms with Crippen LogP contribution >= 0.6 is 0 Å². The Morgan fingerprint density at radius 1 is 1.40 bits per heavy atom. The van der Waals surface area contributed by atoms with Gasteiger partial charge in [-0.15, -0.1) is 0 Å². The lowest BCUT2D eigenvalue weighted by Crippen LogP contribution is -2.58. The van der Waals surface area contributed by atoms with E-state index in [0.717, 1.165) is 13.0 Å². The third-order valence-electron chi connectivity index (χ3n) is 4.17. The van der Waals surface area contributed by atoms with Crippen LogP contribution in [0.3, 0.4) is 0 Å². The first-order valence-corrected chi connectivity index (χ1v) is 7.68. The van der Waals surface area contributed by atoms with Gasteiger partial charge in [0.1, 0.15) is 0 Å². The van der Waals surface area contributed by atoms with E-state index < -0.39 is 0 Å². The van der Waals surface area contributed by atoms with Crippen LogP contribution < -0.4 is 10.2 Å². The molecule has 2 atom stereocenters. The van der Waals surface area contributed by atoms with Crippen molar-refractivity contribution in [3.05, 3.63) is 29.8 Å². The fraction of sp³-hybridized carbons (Fsp3) is 0.647. The third-order valence-corrected chi connectivity index (χ3v) is 4.17. The molecule has 2 unspecified atom stereocenters. The number of benzene rings is 1. The van der Waals surface area contributed by atoms with E-state index in [1.807, 2.05) is 0 Å². The molecule has 0 radical (unpaired) electrons. The fourth-order valence-corrected chi connectivity index (χ4v) is 3.22. The molecule has 20 heavy (non-hydrogen) atoms. The average molecular weight is 276 g/mol. The normalized spacial score (nSPS) is 21.7. The Balaban J connectivity index is 2.23. The van der Waals surface area contributed by atoms with Crippen LogP contribution in [0, 0.1) is 0 Å². The summed E-state index contributed by atoms with van der Waals surface area (Å²) in [6.45, 7) is 9.62. The third kappa shape index (κ3) is 3.33. The van der Waals surface area contributed by atoms with Crippen LogP contribution in [-0.2, 0) is 6.42 Å². The minimum atomic E-state index is -0.271. The maximum absolute atomic E-state index is 9.81. The molecule has 1 aliphatic heterocycles. The molecule has 1 aromatic carbocycles. The lowest BCUT2D eigenvalue weighted by Gasteiger charge is -2.43. The summed E-state index contributed by atoms with van der Waals surface area (Å²) in [4.78, 5) is 2.45. The SMILES string of the molecule is CC(C)NC(C)(CO)CN1c2ccccc2CCC1C. The number of aliphatic hydroxyl groups is 1. The fourth-order valence-electron chi connectivity index (χ4n) is 3.22. The second-order valence-electron chi connectivity index (χ2n) is 6.66. The van der Waals surface area contributed by atoms with Gasteiger partial charge < -0.3 is 15.3 Å². The topological polar surface area (TPSA) is 35.5 Å². The number of aliphatic hydroxyl groups excluding tert-OH is 1. The first-order valence-electron chi connectivity index (χ1n) is 7.68. The van der Waals surface area contributed by atoms with E-state index in [2.05, 4.69) is 62.2 Å². The molecule has 2 N–H and O–H groups in total. The Morgan fingerprint density at radius 2 is 2.10 bits per heavy atom. The second-order valence-corrected chi connectivity index (χ2v) is 6.66. The molecule has 0 aromatic heterocycles. The van der Waals surface area contributed by atoms with E-state index in [4.69, 9.17) is 0 Å². The maximum atomic E-state index is 9.81. The highest BCUT2D eigenvalue weighted by atomic mass is 16.3. The summed E-state index contributed by atoms with van der Waals surface area (Å²) < 4.78 is 0. The van der Waals surface area contributed by atoms with Gasteiger partial charge in [0.25, 0.3) is 0 Å². The number of hydrogen-bond acceptors (Lipinski definition) is 3. The van der Waals surface area contributed by atoms with Gasteiger partial charge in [0.15, 0.2) is 0 Å². The van der Waals surface area contributed by atoms with Crippen molar-refractivity contribution in [3.8, 4) is 0 Å². The second kappa shape index (κ2) is 6.15. The number of para-hydroxylation sites is 1. The highest BCUT2D eigenvalue weighted by Crippen LogP contribution is 2.31. The molecule has 3 heteroatoms. The molecular weight excluding hydrogens is 248 g/mol. The van der Waals surface area contributed by atoms with E-state index in [-0.39, 0.29) is 12.1 Å². The summed E-state index contributed by atoms with van der Waals surface area (Å²) >= 11 is 0. The Bertz CT molecular complexity index is 446. The van der Waals surface area contributed by atoms with Crippen molar-refractivity contribution < 1.29 is 5.11 Å². The molecule has 0 spiro atoms. The highest BCUT2D eigenvalue weighted by Gasteiger charge is 2.31. The van der Waals surface area contributed by atoms with Gasteiger partial charge in [0.05, 0.1) is 12.1 Å². The van der Waals surface area contributed by atoms with Crippen molar-refractivity contribution in [2.75, 3.05) is 18.1 Å². The summed E-state index contributed by atoms with van der Waals surface area (Å²) in [5.74, 6) is 0. The largest absolute Gasteiger partial charge is 0.394 e. The van der Waals surface area contributed by atoms with Gasteiger partial charge in [0, 0.05) is 24.3 Å². The molecule has 0 saturated carbocycles. The van der Waals surface area contributed by atoms with E-state index in [9.17, 15) is 5.11 Å². The predicted octanol–water partition coefficient (Wildman–Crippen LogP) is 2.58. The van der Waals surface area contributed by atoms with Crippen molar-refractivity contribution in [2.24, 2.45) is 0 Å². The zero-order chi connectivity index (χ0) is 14.8. The molecule has 3 nitrogen and oxygen atoms in total. The number of fused-ring (bicyclic) bond motifs is 1. The van der Waals surface area contributed by atoms with Crippen molar-refractivity contribution in [2.45, 2.75) is 58.2 Å². The van der Waals surface area contributed by atoms with E-state index in [1.54, 1.807) is 0 Å². The number of nitrogens with one attached hydrogen (secondary N) is 1. The van der Waals surface area contributed by atoms with Gasteiger partial charge in [0.2, 0.25) is 0 Å². The van der Waals surface area contributed by atoms with Crippen LogP contribution in [-0.4, -0.2) is 35.9 Å². The summed E-state index contributed by atoms with van der Waals surface area (Å²) in [5.41, 5.74) is 2.49. The van der Waals surface area contributed by atoms with E-state index in [1.165, 1.54) is 17.7 Å². The highest BCUT2D eigenvalue weighted by molar-refractivity contribution is 5.56. The standard InChI is InChI=1S/C17H28N2O/c1-13(2)18-17(4,12-20)11-19-14(3)9-10-15-7-5-6-8-16(15)19/h5-8,13-14,18,20H,9-12H2,1-4H3. The lowest BCUT2D eigenvalue weighted by atomic mass is 9.93. The molecule has 1 heterocycles. The Hall–Kier alpha value is -1.06. The zero-order valence-electron chi connectivity index (χ0n) is 13.2. The van der Waals surface area contributed by atoms with Crippen LogP contribution in [0.25, 0.3) is 0 Å². The number of rotatable bonds is 5. The number of aryl methyl sites for hydroxylation is 1. The van der Waals surface area contributed by atoms with Crippen LogP contribution in [0.15, 0.2) is 24.3 Å². The molecule has 1 aromatic rings. The quantitative estimate of drug-likeness (QED) is 0.867. The molecular formula is C17H28N2O. The molecule has 0 fully saturated rings. The Morgan fingerprint density at radius 3 is 2.75 bits per heavy atom. The van der Waals surface area contributed by atoms with Crippen LogP contribution in [0.4, 0.5) is 5.69 Å². The number of hydrogen-bond donors (Lipinski definition) is 2. The predicted molar refractivity (Wildman–Crippen MR) is 85.3 cm³/mol.